The normalized spacial score (nSPS) is 19.4. The molecule has 206 valence electrons. The Hall–Kier alpha value is -2.49. The highest BCUT2D eigenvalue weighted by molar-refractivity contribution is 5.89. The molecule has 0 saturated heterocycles. The number of hydrogen-bond donors (Lipinski definition) is 3. The maximum Gasteiger partial charge on any atom is 0.330 e. The second kappa shape index (κ2) is 17.1. The largest absolute Gasteiger partial charge is 0.465 e. The van der Waals surface area contributed by atoms with Gasteiger partial charge in [0.25, 0.3) is 0 Å². The van der Waals surface area contributed by atoms with Crippen molar-refractivity contribution in [3.05, 3.63) is 0 Å². The summed E-state index contributed by atoms with van der Waals surface area (Å²) in [6.45, 7) is 9.00. The van der Waals surface area contributed by atoms with Crippen molar-refractivity contribution < 1.29 is 19.1 Å². The van der Waals surface area contributed by atoms with E-state index in [0.29, 0.717) is 63.7 Å². The standard InChI is InChI=1S/C26H48N6O4/c1-5-35-24(33)23(11-7-9-17-30-19(3)27)32-22-14-12-21(13-15-22)26(29,25(34)36-6-2)16-8-10-18-31-20(4)28/h21,23H,5-18,29H2,1-4H3,(H2,27,30)(H2,28,31). The summed E-state index contributed by atoms with van der Waals surface area (Å²) in [4.78, 5) is 38.6. The summed E-state index contributed by atoms with van der Waals surface area (Å²) in [5.74, 6) is 0.480. The summed E-state index contributed by atoms with van der Waals surface area (Å²) in [5.41, 5.74) is 17.9. The molecule has 2 atom stereocenters. The molecule has 0 bridgehead atoms. The molecule has 6 N–H and O–H groups in total. The predicted molar refractivity (Wildman–Crippen MR) is 145 cm³/mol. The molecule has 10 heteroatoms. The minimum atomic E-state index is -1.04. The van der Waals surface area contributed by atoms with E-state index in [9.17, 15) is 9.59 Å². The van der Waals surface area contributed by atoms with Crippen LogP contribution in [0, 0.1) is 5.92 Å². The van der Waals surface area contributed by atoms with Crippen LogP contribution in [-0.2, 0) is 19.1 Å². The highest BCUT2D eigenvalue weighted by Gasteiger charge is 2.43. The van der Waals surface area contributed by atoms with Crippen molar-refractivity contribution in [3.8, 4) is 0 Å². The maximum absolute atomic E-state index is 12.9. The van der Waals surface area contributed by atoms with Crippen molar-refractivity contribution >= 4 is 29.3 Å². The summed E-state index contributed by atoms with van der Waals surface area (Å²) in [7, 11) is 0. The number of esters is 2. The highest BCUT2D eigenvalue weighted by Crippen LogP contribution is 2.35. The van der Waals surface area contributed by atoms with Gasteiger partial charge in [0.1, 0.15) is 11.6 Å². The smallest absolute Gasteiger partial charge is 0.330 e. The number of nitrogens with zero attached hydrogens (tertiary/aromatic N) is 3. The average molecular weight is 509 g/mol. The maximum atomic E-state index is 12.9. The first-order valence-electron chi connectivity index (χ1n) is 13.3. The van der Waals surface area contributed by atoms with Crippen molar-refractivity contribution in [3.63, 3.8) is 0 Å². The fourth-order valence-corrected chi connectivity index (χ4v) is 4.52. The van der Waals surface area contributed by atoms with Gasteiger partial charge in [-0.1, -0.05) is 0 Å². The predicted octanol–water partition coefficient (Wildman–Crippen LogP) is 2.90. The minimum absolute atomic E-state index is 0.00588. The fourth-order valence-electron chi connectivity index (χ4n) is 4.52. The van der Waals surface area contributed by atoms with Gasteiger partial charge < -0.3 is 26.7 Å². The molecule has 0 heterocycles. The lowest BCUT2D eigenvalue weighted by Crippen LogP contribution is -2.56. The van der Waals surface area contributed by atoms with Gasteiger partial charge in [0, 0.05) is 18.8 Å². The molecule has 0 aliphatic heterocycles. The van der Waals surface area contributed by atoms with Crippen LogP contribution < -0.4 is 17.2 Å². The Morgan fingerprint density at radius 1 is 0.944 bits per heavy atom. The van der Waals surface area contributed by atoms with Gasteiger partial charge in [-0.15, -0.1) is 0 Å². The number of nitrogens with two attached hydrogens (primary N) is 3. The third kappa shape index (κ3) is 11.5. The fraction of sp³-hybridized carbons (Fsp3) is 0.808. The molecule has 1 aliphatic rings. The van der Waals surface area contributed by atoms with E-state index in [1.165, 1.54) is 0 Å². The van der Waals surface area contributed by atoms with Crippen molar-refractivity contribution in [2.75, 3.05) is 26.3 Å². The second-order valence-corrected chi connectivity index (χ2v) is 9.50. The first kappa shape index (κ1) is 31.5. The molecule has 0 aromatic rings. The molecule has 0 spiro atoms. The number of aliphatic imine (C=N–C) groups is 3. The zero-order valence-electron chi connectivity index (χ0n) is 22.8. The molecule has 2 unspecified atom stereocenters. The lowest BCUT2D eigenvalue weighted by atomic mass is 9.72. The van der Waals surface area contributed by atoms with E-state index < -0.39 is 11.6 Å². The molecule has 1 saturated carbocycles. The zero-order valence-corrected chi connectivity index (χ0v) is 22.8. The van der Waals surface area contributed by atoms with E-state index >= 15 is 0 Å². The van der Waals surface area contributed by atoms with Crippen LogP contribution in [0.3, 0.4) is 0 Å². The molecule has 0 amide bonds. The second-order valence-electron chi connectivity index (χ2n) is 9.50. The summed E-state index contributed by atoms with van der Waals surface area (Å²) < 4.78 is 10.6. The molecule has 10 nitrogen and oxygen atoms in total. The molecule has 1 rings (SSSR count). The zero-order chi connectivity index (χ0) is 27.0. The first-order chi connectivity index (χ1) is 17.1. The van der Waals surface area contributed by atoms with Gasteiger partial charge in [0.05, 0.1) is 24.9 Å². The van der Waals surface area contributed by atoms with E-state index in [-0.39, 0.29) is 17.9 Å². The van der Waals surface area contributed by atoms with E-state index in [4.69, 9.17) is 31.7 Å². The van der Waals surface area contributed by atoms with Gasteiger partial charge in [0.15, 0.2) is 0 Å². The van der Waals surface area contributed by atoms with Gasteiger partial charge in [-0.2, -0.15) is 0 Å². The summed E-state index contributed by atoms with van der Waals surface area (Å²) in [6, 6.07) is -0.515. The Bertz CT molecular complexity index is 764. The summed E-state index contributed by atoms with van der Waals surface area (Å²) >= 11 is 0. The van der Waals surface area contributed by atoms with Gasteiger partial charge in [-0.25, -0.2) is 4.79 Å². The summed E-state index contributed by atoms with van der Waals surface area (Å²) in [5, 5.41) is 0. The van der Waals surface area contributed by atoms with Crippen LogP contribution >= 0.6 is 0 Å². The van der Waals surface area contributed by atoms with Crippen molar-refractivity contribution in [2.24, 2.45) is 38.1 Å². The third-order valence-electron chi connectivity index (χ3n) is 6.45. The molecule has 0 aromatic carbocycles. The number of carbonyl (C=O) groups is 2. The van der Waals surface area contributed by atoms with Crippen LogP contribution in [-0.4, -0.2) is 67.2 Å². The number of carbonyl (C=O) groups excluding carboxylic acids is 2. The van der Waals surface area contributed by atoms with Crippen molar-refractivity contribution in [1.29, 1.82) is 0 Å². The van der Waals surface area contributed by atoms with E-state index in [0.717, 1.165) is 44.2 Å². The molecule has 36 heavy (non-hydrogen) atoms. The van der Waals surface area contributed by atoms with E-state index in [2.05, 4.69) is 9.98 Å². The van der Waals surface area contributed by atoms with Gasteiger partial charge in [-0.3, -0.25) is 19.8 Å². The van der Waals surface area contributed by atoms with Crippen molar-refractivity contribution in [1.82, 2.24) is 0 Å². The molecular formula is C26H48N6O4. The number of rotatable bonds is 16. The Morgan fingerprint density at radius 2 is 1.50 bits per heavy atom. The topological polar surface area (TPSA) is 168 Å². The molecule has 0 aromatic heterocycles. The lowest BCUT2D eigenvalue weighted by molar-refractivity contribution is -0.153. The quantitative estimate of drug-likeness (QED) is 0.125. The molecule has 0 radical (unpaired) electrons. The first-order valence-corrected chi connectivity index (χ1v) is 13.3. The third-order valence-corrected chi connectivity index (χ3v) is 6.45. The summed E-state index contributed by atoms with van der Waals surface area (Å²) in [6.07, 6.45) is 7.23. The Kier molecular flexibility index (Phi) is 14.9. The van der Waals surface area contributed by atoms with Crippen LogP contribution in [0.5, 0.6) is 0 Å². The van der Waals surface area contributed by atoms with Crippen LogP contribution in [0.25, 0.3) is 0 Å². The lowest BCUT2D eigenvalue weighted by Gasteiger charge is -2.38. The van der Waals surface area contributed by atoms with Gasteiger partial charge >= 0.3 is 11.9 Å². The Morgan fingerprint density at radius 3 is 2.03 bits per heavy atom. The average Bonchev–Trinajstić information content (AvgIpc) is 2.83. The SMILES string of the molecule is CCOC(=O)C(CCCCN=C(C)N)N=C1CCC(C(N)(CCCCN=C(C)N)C(=O)OCC)CC1. The van der Waals surface area contributed by atoms with Crippen LogP contribution in [0.15, 0.2) is 15.0 Å². The van der Waals surface area contributed by atoms with E-state index in [1.807, 2.05) is 0 Å². The monoisotopic (exact) mass is 508 g/mol. The van der Waals surface area contributed by atoms with Gasteiger partial charge in [0.2, 0.25) is 0 Å². The Labute approximate surface area is 216 Å². The number of ether oxygens (including phenoxy) is 2. The van der Waals surface area contributed by atoms with Crippen LogP contribution in [0.4, 0.5) is 0 Å². The molecule has 1 fully saturated rings. The minimum Gasteiger partial charge on any atom is -0.465 e. The van der Waals surface area contributed by atoms with Crippen molar-refractivity contribution in [2.45, 2.75) is 103 Å². The van der Waals surface area contributed by atoms with Crippen LogP contribution in [0.1, 0.15) is 91.9 Å². The van der Waals surface area contributed by atoms with E-state index in [1.54, 1.807) is 27.7 Å². The highest BCUT2D eigenvalue weighted by atomic mass is 16.5. The van der Waals surface area contributed by atoms with Crippen LogP contribution in [0.2, 0.25) is 0 Å². The number of unbranched alkanes of at least 4 members (excludes halogenated alkanes) is 2. The van der Waals surface area contributed by atoms with Gasteiger partial charge in [-0.05, 0) is 97.8 Å². The molecule has 1 aliphatic carbocycles. The number of hydrogen-bond acceptors (Lipinski definition) is 8. The Balaban J connectivity index is 2.80. The number of amidine groups is 2. The molecular weight excluding hydrogens is 460 g/mol.